The number of nitrogens with zero attached hydrogens (tertiary/aromatic N) is 1. The van der Waals surface area contributed by atoms with E-state index in [9.17, 15) is 4.39 Å². The maximum absolute atomic E-state index is 13.6. The van der Waals surface area contributed by atoms with E-state index in [0.29, 0.717) is 18.8 Å². The van der Waals surface area contributed by atoms with E-state index < -0.39 is 0 Å². The molecule has 2 rings (SSSR count). The Hall–Kier alpha value is -1.81. The summed E-state index contributed by atoms with van der Waals surface area (Å²) in [6.45, 7) is 1.24. The normalized spacial score (nSPS) is 10.6. The zero-order valence-electron chi connectivity index (χ0n) is 10.6. The van der Waals surface area contributed by atoms with Crippen LogP contribution < -0.4 is 10.2 Å². The molecule has 96 valence electrons. The summed E-state index contributed by atoms with van der Waals surface area (Å²) in [7, 11) is 3.71. The van der Waals surface area contributed by atoms with Crippen LogP contribution in [-0.2, 0) is 13.1 Å². The quantitative estimate of drug-likeness (QED) is 0.882. The lowest BCUT2D eigenvalue weighted by atomic mass is 10.2. The van der Waals surface area contributed by atoms with E-state index in [2.05, 4.69) is 5.32 Å². The first-order valence-electron chi connectivity index (χ1n) is 5.88. The molecule has 0 saturated carbocycles. The van der Waals surface area contributed by atoms with Crippen LogP contribution in [0.25, 0.3) is 0 Å². The number of rotatable bonds is 5. The second kappa shape index (κ2) is 5.69. The third kappa shape index (κ3) is 2.90. The summed E-state index contributed by atoms with van der Waals surface area (Å²) < 4.78 is 19.2. The Balaban J connectivity index is 2.06. The molecule has 0 fully saturated rings. The Kier molecular flexibility index (Phi) is 3.99. The van der Waals surface area contributed by atoms with Crippen molar-refractivity contribution in [3.63, 3.8) is 0 Å². The second-order valence-electron chi connectivity index (χ2n) is 4.21. The molecule has 0 amide bonds. The molecule has 0 aliphatic rings. The van der Waals surface area contributed by atoms with Crippen LogP contribution in [0, 0.1) is 5.82 Å². The summed E-state index contributed by atoms with van der Waals surface area (Å²) >= 11 is 0. The highest BCUT2D eigenvalue weighted by molar-refractivity contribution is 5.46. The van der Waals surface area contributed by atoms with E-state index in [0.717, 1.165) is 11.5 Å². The first-order valence-corrected chi connectivity index (χ1v) is 5.88. The van der Waals surface area contributed by atoms with Crippen molar-refractivity contribution in [1.29, 1.82) is 0 Å². The van der Waals surface area contributed by atoms with E-state index in [4.69, 9.17) is 4.42 Å². The van der Waals surface area contributed by atoms with Gasteiger partial charge in [0.2, 0.25) is 0 Å². The van der Waals surface area contributed by atoms with Gasteiger partial charge in [0.1, 0.15) is 17.3 Å². The summed E-state index contributed by atoms with van der Waals surface area (Å²) in [6.07, 6.45) is 0. The van der Waals surface area contributed by atoms with E-state index >= 15 is 0 Å². The molecule has 0 saturated heterocycles. The predicted molar refractivity (Wildman–Crippen MR) is 70.0 cm³/mol. The molecule has 1 N–H and O–H groups in total. The van der Waals surface area contributed by atoms with Crippen molar-refractivity contribution in [3.8, 4) is 0 Å². The highest BCUT2D eigenvalue weighted by atomic mass is 19.1. The lowest BCUT2D eigenvalue weighted by Crippen LogP contribution is -2.17. The van der Waals surface area contributed by atoms with Gasteiger partial charge in [-0.2, -0.15) is 0 Å². The number of para-hydroxylation sites is 1. The van der Waals surface area contributed by atoms with Gasteiger partial charge in [0.25, 0.3) is 0 Å². The van der Waals surface area contributed by atoms with Crippen molar-refractivity contribution in [2.45, 2.75) is 13.1 Å². The van der Waals surface area contributed by atoms with Crippen molar-refractivity contribution in [1.82, 2.24) is 5.32 Å². The van der Waals surface area contributed by atoms with Crippen LogP contribution in [0.5, 0.6) is 0 Å². The van der Waals surface area contributed by atoms with E-state index in [-0.39, 0.29) is 5.82 Å². The summed E-state index contributed by atoms with van der Waals surface area (Å²) in [4.78, 5) is 1.83. The van der Waals surface area contributed by atoms with Crippen molar-refractivity contribution >= 4 is 5.69 Å². The fraction of sp³-hybridized carbons (Fsp3) is 0.286. The van der Waals surface area contributed by atoms with Gasteiger partial charge in [0, 0.05) is 7.05 Å². The summed E-state index contributed by atoms with van der Waals surface area (Å²) in [6, 6.07) is 10.6. The predicted octanol–water partition coefficient (Wildman–Crippen LogP) is 2.77. The van der Waals surface area contributed by atoms with Crippen LogP contribution in [0.3, 0.4) is 0 Å². The van der Waals surface area contributed by atoms with E-state index in [1.54, 1.807) is 12.1 Å². The van der Waals surface area contributed by atoms with Crippen molar-refractivity contribution in [2.75, 3.05) is 19.0 Å². The molecule has 3 nitrogen and oxygen atoms in total. The number of nitrogens with one attached hydrogen (secondary N) is 1. The van der Waals surface area contributed by atoms with E-state index in [1.807, 2.05) is 37.2 Å². The Labute approximate surface area is 106 Å². The SMILES string of the molecule is CNCc1ccc(CN(C)c2ccccc2F)o1. The molecule has 1 aromatic carbocycles. The maximum Gasteiger partial charge on any atom is 0.146 e. The lowest BCUT2D eigenvalue weighted by molar-refractivity contribution is 0.453. The average molecular weight is 248 g/mol. The standard InChI is InChI=1S/C14H17FN2O/c1-16-9-11-7-8-12(18-11)10-17(2)14-6-4-3-5-13(14)15/h3-8,16H,9-10H2,1-2H3. The number of benzene rings is 1. The van der Waals surface area contributed by atoms with Gasteiger partial charge in [-0.05, 0) is 31.3 Å². The monoisotopic (exact) mass is 248 g/mol. The molecule has 18 heavy (non-hydrogen) atoms. The molecular weight excluding hydrogens is 231 g/mol. The molecule has 0 atom stereocenters. The van der Waals surface area contributed by atoms with Gasteiger partial charge in [0.05, 0.1) is 18.8 Å². The van der Waals surface area contributed by atoms with Gasteiger partial charge in [-0.1, -0.05) is 12.1 Å². The van der Waals surface area contributed by atoms with Crippen molar-refractivity contribution in [2.24, 2.45) is 0 Å². The van der Waals surface area contributed by atoms with Gasteiger partial charge in [0.15, 0.2) is 0 Å². The highest BCUT2D eigenvalue weighted by Gasteiger charge is 2.09. The van der Waals surface area contributed by atoms with Crippen LogP contribution in [0.2, 0.25) is 0 Å². The minimum atomic E-state index is -0.220. The van der Waals surface area contributed by atoms with Crippen molar-refractivity contribution in [3.05, 3.63) is 53.7 Å². The van der Waals surface area contributed by atoms with Crippen LogP contribution in [-0.4, -0.2) is 14.1 Å². The van der Waals surface area contributed by atoms with Crippen molar-refractivity contribution < 1.29 is 8.81 Å². The molecule has 0 radical (unpaired) electrons. The number of anilines is 1. The molecule has 0 aliphatic carbocycles. The van der Waals surface area contributed by atoms with E-state index in [1.165, 1.54) is 6.07 Å². The summed E-state index contributed by atoms with van der Waals surface area (Å²) in [5.41, 5.74) is 0.573. The smallest absolute Gasteiger partial charge is 0.146 e. The number of halogens is 1. The van der Waals surface area contributed by atoms with Gasteiger partial charge >= 0.3 is 0 Å². The fourth-order valence-electron chi connectivity index (χ4n) is 1.86. The number of hydrogen-bond acceptors (Lipinski definition) is 3. The summed E-state index contributed by atoms with van der Waals surface area (Å²) in [5, 5.41) is 3.02. The maximum atomic E-state index is 13.6. The van der Waals surface area contributed by atoms with Crippen LogP contribution >= 0.6 is 0 Å². The molecule has 0 unspecified atom stereocenters. The Morgan fingerprint density at radius 3 is 2.61 bits per heavy atom. The molecular formula is C14H17FN2O. The first kappa shape index (κ1) is 12.6. The van der Waals surface area contributed by atoms with Crippen LogP contribution in [0.4, 0.5) is 10.1 Å². The molecule has 0 bridgehead atoms. The minimum absolute atomic E-state index is 0.220. The Morgan fingerprint density at radius 1 is 1.17 bits per heavy atom. The Morgan fingerprint density at radius 2 is 1.89 bits per heavy atom. The van der Waals surface area contributed by atoms with Crippen LogP contribution in [0.15, 0.2) is 40.8 Å². The zero-order chi connectivity index (χ0) is 13.0. The van der Waals surface area contributed by atoms with Gasteiger partial charge in [-0.25, -0.2) is 4.39 Å². The summed E-state index contributed by atoms with van der Waals surface area (Å²) in [5.74, 6) is 1.49. The lowest BCUT2D eigenvalue weighted by Gasteiger charge is -2.18. The second-order valence-corrected chi connectivity index (χ2v) is 4.21. The third-order valence-corrected chi connectivity index (χ3v) is 2.73. The molecule has 1 aromatic heterocycles. The largest absolute Gasteiger partial charge is 0.463 e. The average Bonchev–Trinajstić information content (AvgIpc) is 2.77. The number of hydrogen-bond donors (Lipinski definition) is 1. The highest BCUT2D eigenvalue weighted by Crippen LogP contribution is 2.20. The molecule has 2 aromatic rings. The fourth-order valence-corrected chi connectivity index (χ4v) is 1.86. The topological polar surface area (TPSA) is 28.4 Å². The zero-order valence-corrected chi connectivity index (χ0v) is 10.6. The van der Waals surface area contributed by atoms with Gasteiger partial charge < -0.3 is 14.6 Å². The first-order chi connectivity index (χ1) is 8.70. The van der Waals surface area contributed by atoms with Gasteiger partial charge in [-0.3, -0.25) is 0 Å². The Bertz CT molecular complexity index is 510. The molecule has 4 heteroatoms. The van der Waals surface area contributed by atoms with Crippen LogP contribution in [0.1, 0.15) is 11.5 Å². The molecule has 0 aliphatic heterocycles. The number of furan rings is 1. The minimum Gasteiger partial charge on any atom is -0.463 e. The van der Waals surface area contributed by atoms with Gasteiger partial charge in [-0.15, -0.1) is 0 Å². The third-order valence-electron chi connectivity index (χ3n) is 2.73. The molecule has 0 spiro atoms. The molecule has 1 heterocycles.